The predicted molar refractivity (Wildman–Crippen MR) is 74.7 cm³/mol. The van der Waals surface area contributed by atoms with E-state index in [-0.39, 0.29) is 6.61 Å². The number of esters is 1. The molecule has 3 atom stereocenters. The van der Waals surface area contributed by atoms with Crippen LogP contribution in [-0.2, 0) is 14.2 Å². The lowest BCUT2D eigenvalue weighted by molar-refractivity contribution is -0.124. The summed E-state index contributed by atoms with van der Waals surface area (Å²) in [7, 11) is 1.51. The maximum Gasteiger partial charge on any atom is 0.338 e. The van der Waals surface area contributed by atoms with Crippen molar-refractivity contribution in [2.45, 2.75) is 31.8 Å². The van der Waals surface area contributed by atoms with Gasteiger partial charge in [-0.25, -0.2) is 4.79 Å². The molecule has 7 nitrogen and oxygen atoms in total. The molecular weight excluding hydrogens is 274 g/mol. The van der Waals surface area contributed by atoms with Crippen molar-refractivity contribution in [3.8, 4) is 0 Å². The van der Waals surface area contributed by atoms with Gasteiger partial charge in [-0.1, -0.05) is 22.8 Å². The van der Waals surface area contributed by atoms with Crippen LogP contribution in [0.3, 0.4) is 0 Å². The highest BCUT2D eigenvalue weighted by atomic mass is 16.7. The van der Waals surface area contributed by atoms with Gasteiger partial charge in [0.2, 0.25) is 0 Å². The van der Waals surface area contributed by atoms with Crippen LogP contribution in [0.2, 0.25) is 0 Å². The highest BCUT2D eigenvalue weighted by molar-refractivity contribution is 5.89. The van der Waals surface area contributed by atoms with Crippen LogP contribution in [0.25, 0.3) is 10.4 Å². The molecule has 1 aliphatic rings. The van der Waals surface area contributed by atoms with Crippen molar-refractivity contribution >= 4 is 5.97 Å². The monoisotopic (exact) mass is 291 g/mol. The Balaban J connectivity index is 1.93. The molecule has 0 N–H and O–H groups in total. The van der Waals surface area contributed by atoms with Crippen molar-refractivity contribution in [1.29, 1.82) is 0 Å². The van der Waals surface area contributed by atoms with E-state index in [0.717, 1.165) is 5.56 Å². The second-order valence-electron chi connectivity index (χ2n) is 4.81. The Hall–Kier alpha value is -2.08. The zero-order valence-corrected chi connectivity index (χ0v) is 11.9. The number of aryl methyl sites for hydroxylation is 1. The van der Waals surface area contributed by atoms with Crippen LogP contribution in [0.15, 0.2) is 29.4 Å². The lowest BCUT2D eigenvalue weighted by Gasteiger charge is -2.15. The number of rotatable bonds is 5. The van der Waals surface area contributed by atoms with Gasteiger partial charge < -0.3 is 14.2 Å². The third kappa shape index (κ3) is 3.95. The number of hydrogen-bond donors (Lipinski definition) is 0. The molecule has 0 saturated carbocycles. The van der Waals surface area contributed by atoms with Gasteiger partial charge in [-0.2, -0.15) is 0 Å². The van der Waals surface area contributed by atoms with Gasteiger partial charge in [-0.05, 0) is 24.6 Å². The molecule has 1 fully saturated rings. The summed E-state index contributed by atoms with van der Waals surface area (Å²) in [6, 6.07) is 6.69. The van der Waals surface area contributed by atoms with E-state index < -0.39 is 24.4 Å². The molecular formula is C14H17N3O4. The number of carbonyl (C=O) groups excluding carboxylic acids is 1. The van der Waals surface area contributed by atoms with Gasteiger partial charge in [0, 0.05) is 18.4 Å². The summed E-state index contributed by atoms with van der Waals surface area (Å²) in [5.41, 5.74) is 10.1. The largest absolute Gasteiger partial charge is 0.459 e. The van der Waals surface area contributed by atoms with E-state index in [1.165, 1.54) is 7.11 Å². The van der Waals surface area contributed by atoms with Crippen molar-refractivity contribution in [3.05, 3.63) is 45.8 Å². The average molecular weight is 291 g/mol. The average Bonchev–Trinajstić information content (AvgIpc) is 2.88. The first-order valence-corrected chi connectivity index (χ1v) is 6.60. The van der Waals surface area contributed by atoms with Gasteiger partial charge in [0.15, 0.2) is 6.29 Å². The van der Waals surface area contributed by atoms with Gasteiger partial charge in [0.1, 0.15) is 12.7 Å². The fourth-order valence-corrected chi connectivity index (χ4v) is 2.11. The maximum absolute atomic E-state index is 11.9. The summed E-state index contributed by atoms with van der Waals surface area (Å²) in [6.45, 7) is 1.97. The first kappa shape index (κ1) is 15.3. The number of benzene rings is 1. The molecule has 7 heteroatoms. The summed E-state index contributed by atoms with van der Waals surface area (Å²) >= 11 is 0. The van der Waals surface area contributed by atoms with Crippen LogP contribution >= 0.6 is 0 Å². The van der Waals surface area contributed by atoms with E-state index in [0.29, 0.717) is 12.0 Å². The molecule has 0 unspecified atom stereocenters. The summed E-state index contributed by atoms with van der Waals surface area (Å²) < 4.78 is 15.8. The van der Waals surface area contributed by atoms with Crippen LogP contribution in [0.1, 0.15) is 22.3 Å². The quantitative estimate of drug-likeness (QED) is 0.360. The maximum atomic E-state index is 11.9. The van der Waals surface area contributed by atoms with Crippen molar-refractivity contribution in [2.24, 2.45) is 5.11 Å². The molecule has 0 bridgehead atoms. The molecule has 0 aromatic heterocycles. The van der Waals surface area contributed by atoms with Crippen molar-refractivity contribution < 1.29 is 19.0 Å². The Morgan fingerprint density at radius 1 is 1.48 bits per heavy atom. The van der Waals surface area contributed by atoms with Crippen LogP contribution in [-0.4, -0.2) is 38.1 Å². The van der Waals surface area contributed by atoms with Gasteiger partial charge in [0.25, 0.3) is 0 Å². The van der Waals surface area contributed by atoms with Gasteiger partial charge >= 0.3 is 5.97 Å². The molecule has 0 radical (unpaired) electrons. The molecule has 0 spiro atoms. The number of ether oxygens (including phenoxy) is 3. The molecule has 1 aliphatic heterocycles. The van der Waals surface area contributed by atoms with Crippen LogP contribution in [0, 0.1) is 6.92 Å². The Labute approximate surface area is 122 Å². The molecule has 112 valence electrons. The Kier molecular flexibility index (Phi) is 5.16. The lowest BCUT2D eigenvalue weighted by Crippen LogP contribution is -2.27. The highest BCUT2D eigenvalue weighted by Crippen LogP contribution is 2.24. The zero-order valence-electron chi connectivity index (χ0n) is 11.9. The molecule has 21 heavy (non-hydrogen) atoms. The first-order valence-electron chi connectivity index (χ1n) is 6.60. The molecule has 2 rings (SSSR count). The summed E-state index contributed by atoms with van der Waals surface area (Å²) in [4.78, 5) is 14.7. The Bertz CT molecular complexity index is 540. The van der Waals surface area contributed by atoms with Gasteiger partial charge in [-0.3, -0.25) is 0 Å². The minimum Gasteiger partial charge on any atom is -0.459 e. The van der Waals surface area contributed by atoms with Crippen molar-refractivity contribution in [3.63, 3.8) is 0 Å². The third-order valence-corrected chi connectivity index (χ3v) is 3.32. The molecule has 1 saturated heterocycles. The number of carbonyl (C=O) groups is 1. The smallest absolute Gasteiger partial charge is 0.338 e. The summed E-state index contributed by atoms with van der Waals surface area (Å²) in [6.07, 6.45) is -0.475. The normalized spacial score (nSPS) is 24.4. The van der Waals surface area contributed by atoms with Crippen LogP contribution < -0.4 is 0 Å². The highest BCUT2D eigenvalue weighted by Gasteiger charge is 2.35. The molecule has 1 aromatic rings. The molecule has 0 aliphatic carbocycles. The third-order valence-electron chi connectivity index (χ3n) is 3.32. The van der Waals surface area contributed by atoms with E-state index in [4.69, 9.17) is 19.7 Å². The molecule has 0 amide bonds. The SMILES string of the molecule is CO[C@H]1C[C@H](N=[N+]=[N-])[C@@H](COC(=O)c2ccc(C)cc2)O1. The standard InChI is InChI=1S/C14H17N3O4/c1-9-3-5-10(6-4-9)14(18)20-8-12-11(16-17-15)7-13(19-2)21-12/h3-6,11-13H,7-8H2,1-2H3/t11-,12+,13+/m0/s1. The Morgan fingerprint density at radius 3 is 2.81 bits per heavy atom. The second kappa shape index (κ2) is 7.08. The minimum absolute atomic E-state index is 0.0241. The van der Waals surface area contributed by atoms with Crippen LogP contribution in [0.5, 0.6) is 0 Å². The van der Waals surface area contributed by atoms with E-state index in [2.05, 4.69) is 10.0 Å². The topological polar surface area (TPSA) is 93.5 Å². The lowest BCUT2D eigenvalue weighted by atomic mass is 10.1. The molecule has 1 aromatic carbocycles. The number of nitrogens with zero attached hydrogens (tertiary/aromatic N) is 3. The van der Waals surface area contributed by atoms with E-state index in [1.807, 2.05) is 19.1 Å². The number of methoxy groups -OCH3 is 1. The summed E-state index contributed by atoms with van der Waals surface area (Å²) in [5, 5.41) is 3.65. The predicted octanol–water partition coefficient (Wildman–Crippen LogP) is 2.59. The second-order valence-corrected chi connectivity index (χ2v) is 4.81. The van der Waals surface area contributed by atoms with E-state index in [9.17, 15) is 4.79 Å². The molecule has 1 heterocycles. The first-order chi connectivity index (χ1) is 10.1. The van der Waals surface area contributed by atoms with Gasteiger partial charge in [0.05, 0.1) is 11.6 Å². The number of azide groups is 1. The number of hydrogen-bond acceptors (Lipinski definition) is 5. The van der Waals surface area contributed by atoms with Gasteiger partial charge in [-0.15, -0.1) is 0 Å². The van der Waals surface area contributed by atoms with Crippen molar-refractivity contribution in [2.75, 3.05) is 13.7 Å². The summed E-state index contributed by atoms with van der Waals surface area (Å²) in [5.74, 6) is -0.431. The fraction of sp³-hybridized carbons (Fsp3) is 0.500. The zero-order chi connectivity index (χ0) is 15.2. The van der Waals surface area contributed by atoms with E-state index >= 15 is 0 Å². The fourth-order valence-electron chi connectivity index (χ4n) is 2.11. The minimum atomic E-state index is -0.486. The van der Waals surface area contributed by atoms with E-state index in [1.54, 1.807) is 12.1 Å². The Morgan fingerprint density at radius 2 is 2.19 bits per heavy atom. The van der Waals surface area contributed by atoms with Crippen molar-refractivity contribution in [1.82, 2.24) is 0 Å². The van der Waals surface area contributed by atoms with Crippen LogP contribution in [0.4, 0.5) is 0 Å².